The third-order valence-electron chi connectivity index (χ3n) is 4.68. The first-order chi connectivity index (χ1) is 15.5. The molecule has 0 saturated carbocycles. The Bertz CT molecular complexity index is 1100. The quantitative estimate of drug-likeness (QED) is 0.467. The number of ether oxygens (including phenoxy) is 1. The van der Waals surface area contributed by atoms with Gasteiger partial charge in [-0.25, -0.2) is 9.37 Å². The number of nitriles is 1. The Morgan fingerprint density at radius 3 is 2.56 bits per heavy atom. The van der Waals surface area contributed by atoms with E-state index in [1.54, 1.807) is 6.20 Å². The summed E-state index contributed by atoms with van der Waals surface area (Å²) >= 11 is 0. The average Bonchev–Trinajstić information content (AvgIpc) is 3.27. The van der Waals surface area contributed by atoms with Crippen LogP contribution in [-0.4, -0.2) is 30.0 Å². The standard InChI is InChI=1S/C24H22FN3O4/c1-17-3-5-18(6-4-17)21-15-27-22(32-21)11-12-24(30)31-16-23(29)28(14-2-13-26)20-9-7-19(25)8-10-20/h3-10,15H,2,11-12,14,16H2,1H3. The number of benzene rings is 2. The molecule has 0 saturated heterocycles. The highest BCUT2D eigenvalue weighted by Crippen LogP contribution is 2.21. The highest BCUT2D eigenvalue weighted by Gasteiger charge is 2.18. The fourth-order valence-electron chi connectivity index (χ4n) is 2.96. The second-order valence-electron chi connectivity index (χ2n) is 7.07. The van der Waals surface area contributed by atoms with Crippen LogP contribution in [0.3, 0.4) is 0 Å². The average molecular weight is 435 g/mol. The van der Waals surface area contributed by atoms with Gasteiger partial charge in [0.05, 0.1) is 25.1 Å². The van der Waals surface area contributed by atoms with Gasteiger partial charge in [-0.15, -0.1) is 0 Å². The van der Waals surface area contributed by atoms with Crippen LogP contribution in [0.15, 0.2) is 59.1 Å². The molecule has 0 N–H and O–H groups in total. The zero-order valence-corrected chi connectivity index (χ0v) is 17.6. The lowest BCUT2D eigenvalue weighted by molar-refractivity contribution is -0.147. The number of nitrogens with zero attached hydrogens (tertiary/aromatic N) is 3. The maximum Gasteiger partial charge on any atom is 0.306 e. The third-order valence-corrected chi connectivity index (χ3v) is 4.68. The molecule has 1 heterocycles. The number of esters is 1. The molecule has 0 aliphatic heterocycles. The number of carbonyl (C=O) groups is 2. The summed E-state index contributed by atoms with van der Waals surface area (Å²) < 4.78 is 23.9. The molecule has 0 fully saturated rings. The molecule has 0 aliphatic carbocycles. The number of hydrogen-bond donors (Lipinski definition) is 0. The first-order valence-electron chi connectivity index (χ1n) is 10.1. The number of hydrogen-bond acceptors (Lipinski definition) is 6. The van der Waals surface area contributed by atoms with Crippen LogP contribution in [0.2, 0.25) is 0 Å². The summed E-state index contributed by atoms with van der Waals surface area (Å²) in [6.45, 7) is 1.62. The van der Waals surface area contributed by atoms with E-state index in [0.717, 1.165) is 11.1 Å². The molecule has 1 aromatic heterocycles. The maximum absolute atomic E-state index is 13.2. The van der Waals surface area contributed by atoms with E-state index < -0.39 is 24.3 Å². The summed E-state index contributed by atoms with van der Waals surface area (Å²) in [4.78, 5) is 30.1. The number of aryl methyl sites for hydroxylation is 2. The number of oxazole rings is 1. The first kappa shape index (κ1) is 22.7. The molecule has 0 radical (unpaired) electrons. The van der Waals surface area contributed by atoms with Crippen LogP contribution in [0.25, 0.3) is 11.3 Å². The Morgan fingerprint density at radius 2 is 1.88 bits per heavy atom. The predicted molar refractivity (Wildman–Crippen MR) is 115 cm³/mol. The van der Waals surface area contributed by atoms with Gasteiger partial charge >= 0.3 is 5.97 Å². The largest absolute Gasteiger partial charge is 0.456 e. The lowest BCUT2D eigenvalue weighted by Gasteiger charge is -2.21. The second kappa shape index (κ2) is 10.9. The SMILES string of the molecule is Cc1ccc(-c2cnc(CCC(=O)OCC(=O)N(CCC#N)c3ccc(F)cc3)o2)cc1. The number of anilines is 1. The number of aromatic nitrogens is 1. The summed E-state index contributed by atoms with van der Waals surface area (Å²) in [6, 6.07) is 15.1. The van der Waals surface area contributed by atoms with E-state index in [0.29, 0.717) is 17.3 Å². The molecule has 3 rings (SSSR count). The minimum absolute atomic E-state index is 0.00409. The van der Waals surface area contributed by atoms with E-state index in [9.17, 15) is 14.0 Å². The van der Waals surface area contributed by atoms with Gasteiger partial charge < -0.3 is 14.1 Å². The number of halogens is 1. The molecule has 0 spiro atoms. The van der Waals surface area contributed by atoms with Crippen LogP contribution in [0, 0.1) is 24.1 Å². The van der Waals surface area contributed by atoms with Gasteiger partial charge in [0.15, 0.2) is 18.3 Å². The Labute approximate surface area is 185 Å². The van der Waals surface area contributed by atoms with Crippen molar-refractivity contribution in [2.45, 2.75) is 26.2 Å². The maximum atomic E-state index is 13.2. The van der Waals surface area contributed by atoms with Crippen LogP contribution < -0.4 is 4.90 Å². The molecule has 0 bridgehead atoms. The van der Waals surface area contributed by atoms with Crippen molar-refractivity contribution in [3.05, 3.63) is 72.0 Å². The van der Waals surface area contributed by atoms with Crippen LogP contribution in [0.4, 0.5) is 10.1 Å². The van der Waals surface area contributed by atoms with Gasteiger partial charge in [0.2, 0.25) is 0 Å². The number of amides is 1. The van der Waals surface area contributed by atoms with Gasteiger partial charge in [-0.05, 0) is 31.2 Å². The van der Waals surface area contributed by atoms with Gasteiger partial charge in [-0.3, -0.25) is 9.59 Å². The normalized spacial score (nSPS) is 10.4. The van der Waals surface area contributed by atoms with E-state index in [1.165, 1.54) is 29.2 Å². The lowest BCUT2D eigenvalue weighted by Crippen LogP contribution is -2.35. The van der Waals surface area contributed by atoms with Gasteiger partial charge in [-0.1, -0.05) is 29.8 Å². The van der Waals surface area contributed by atoms with Crippen LogP contribution >= 0.6 is 0 Å². The van der Waals surface area contributed by atoms with Gasteiger partial charge in [0.25, 0.3) is 5.91 Å². The van der Waals surface area contributed by atoms with Crippen molar-refractivity contribution in [2.24, 2.45) is 0 Å². The highest BCUT2D eigenvalue weighted by molar-refractivity contribution is 5.95. The summed E-state index contributed by atoms with van der Waals surface area (Å²) in [6.07, 6.45) is 1.92. The highest BCUT2D eigenvalue weighted by atomic mass is 19.1. The van der Waals surface area contributed by atoms with Crippen molar-refractivity contribution in [2.75, 3.05) is 18.1 Å². The third kappa shape index (κ3) is 6.25. The summed E-state index contributed by atoms with van der Waals surface area (Å²) in [5.74, 6) is -0.516. The molecule has 164 valence electrons. The minimum Gasteiger partial charge on any atom is -0.456 e. The van der Waals surface area contributed by atoms with E-state index in [1.807, 2.05) is 37.3 Å². The minimum atomic E-state index is -0.576. The van der Waals surface area contributed by atoms with Gasteiger partial charge in [0, 0.05) is 24.2 Å². The molecular weight excluding hydrogens is 413 g/mol. The van der Waals surface area contributed by atoms with Crippen LogP contribution in [0.5, 0.6) is 0 Å². The smallest absolute Gasteiger partial charge is 0.306 e. The zero-order chi connectivity index (χ0) is 22.9. The van der Waals surface area contributed by atoms with E-state index in [2.05, 4.69) is 4.98 Å². The molecule has 3 aromatic rings. The topological polar surface area (TPSA) is 96.4 Å². The molecule has 2 aromatic carbocycles. The Balaban J connectivity index is 1.51. The molecule has 0 unspecified atom stereocenters. The Hall–Kier alpha value is -3.99. The van der Waals surface area contributed by atoms with Crippen molar-refractivity contribution < 1.29 is 23.1 Å². The van der Waals surface area contributed by atoms with Crippen molar-refractivity contribution in [1.82, 2.24) is 4.98 Å². The molecule has 0 atom stereocenters. The van der Waals surface area contributed by atoms with Gasteiger partial charge in [-0.2, -0.15) is 5.26 Å². The van der Waals surface area contributed by atoms with Crippen LogP contribution in [-0.2, 0) is 20.7 Å². The van der Waals surface area contributed by atoms with Crippen molar-refractivity contribution in [3.63, 3.8) is 0 Å². The molecular formula is C24H22FN3O4. The molecule has 7 nitrogen and oxygen atoms in total. The monoisotopic (exact) mass is 435 g/mol. The van der Waals surface area contributed by atoms with Crippen molar-refractivity contribution in [1.29, 1.82) is 5.26 Å². The van der Waals surface area contributed by atoms with Crippen LogP contribution in [0.1, 0.15) is 24.3 Å². The summed E-state index contributed by atoms with van der Waals surface area (Å²) in [5, 5.41) is 8.82. The van der Waals surface area contributed by atoms with E-state index in [4.69, 9.17) is 14.4 Å². The number of rotatable bonds is 9. The zero-order valence-electron chi connectivity index (χ0n) is 17.6. The number of carbonyl (C=O) groups excluding carboxylic acids is 2. The lowest BCUT2D eigenvalue weighted by atomic mass is 10.1. The fraction of sp³-hybridized carbons (Fsp3) is 0.250. The summed E-state index contributed by atoms with van der Waals surface area (Å²) in [5.41, 5.74) is 2.45. The second-order valence-corrected chi connectivity index (χ2v) is 7.07. The molecule has 1 amide bonds. The molecule has 32 heavy (non-hydrogen) atoms. The van der Waals surface area contributed by atoms with Crippen molar-refractivity contribution >= 4 is 17.6 Å². The Kier molecular flexibility index (Phi) is 7.70. The predicted octanol–water partition coefficient (Wildman–Crippen LogP) is 4.21. The molecule has 8 heteroatoms. The molecule has 0 aliphatic rings. The first-order valence-corrected chi connectivity index (χ1v) is 10.1. The van der Waals surface area contributed by atoms with Gasteiger partial charge in [0.1, 0.15) is 5.82 Å². The van der Waals surface area contributed by atoms with E-state index in [-0.39, 0.29) is 25.8 Å². The van der Waals surface area contributed by atoms with E-state index >= 15 is 0 Å². The Morgan fingerprint density at radius 1 is 1.16 bits per heavy atom. The van der Waals surface area contributed by atoms with Crippen molar-refractivity contribution in [3.8, 4) is 17.4 Å². The summed E-state index contributed by atoms with van der Waals surface area (Å²) in [7, 11) is 0. The fourth-order valence-corrected chi connectivity index (χ4v) is 2.96.